The van der Waals surface area contributed by atoms with Gasteiger partial charge in [0.05, 0.1) is 29.9 Å². The molecule has 1 fully saturated rings. The van der Waals surface area contributed by atoms with E-state index < -0.39 is 0 Å². The summed E-state index contributed by atoms with van der Waals surface area (Å²) in [5.41, 5.74) is 4.11. The van der Waals surface area contributed by atoms with E-state index in [0.717, 1.165) is 55.0 Å². The highest BCUT2D eigenvalue weighted by Gasteiger charge is 2.21. The van der Waals surface area contributed by atoms with E-state index in [1.165, 1.54) is 34.6 Å². The number of hydrogen-bond donors (Lipinski definition) is 0. The van der Waals surface area contributed by atoms with Gasteiger partial charge in [-0.05, 0) is 55.2 Å². The van der Waals surface area contributed by atoms with Crippen LogP contribution in [0, 0.1) is 19.7 Å². The number of ether oxygens (including phenoxy) is 1. The highest BCUT2D eigenvalue weighted by atomic mass is 35.5. The number of amides is 1. The fourth-order valence-corrected chi connectivity index (χ4v) is 4.82. The molecule has 1 amide bonds. The fourth-order valence-electron chi connectivity index (χ4n) is 3.79. The standard InChI is InChI=1S/C24H28FN3O2S.ClH/c1-17-4-5-19(14-18(17)2)15-23(29)28(9-3-8-27-10-12-30-13-11-27)24-26-21-7-6-20(25)16-22(21)31-24;/h4-7,14,16H,3,8-13,15H2,1-2H3;1H. The summed E-state index contributed by atoms with van der Waals surface area (Å²) in [5, 5.41) is 0.636. The molecule has 0 bridgehead atoms. The Morgan fingerprint density at radius 2 is 1.94 bits per heavy atom. The van der Waals surface area contributed by atoms with Crippen LogP contribution in [0.4, 0.5) is 9.52 Å². The van der Waals surface area contributed by atoms with Crippen LogP contribution < -0.4 is 4.90 Å². The van der Waals surface area contributed by atoms with Crippen molar-refractivity contribution in [1.29, 1.82) is 0 Å². The predicted octanol–water partition coefficient (Wildman–Crippen LogP) is 4.77. The third-order valence-electron chi connectivity index (χ3n) is 5.76. The van der Waals surface area contributed by atoms with Crippen LogP contribution >= 0.6 is 23.7 Å². The number of aryl methyl sites for hydroxylation is 2. The van der Waals surface area contributed by atoms with Gasteiger partial charge in [0.25, 0.3) is 0 Å². The summed E-state index contributed by atoms with van der Waals surface area (Å²) in [5.74, 6) is -0.271. The number of nitrogens with zero attached hydrogens (tertiary/aromatic N) is 3. The molecule has 0 spiro atoms. The topological polar surface area (TPSA) is 45.7 Å². The normalized spacial score (nSPS) is 14.3. The Morgan fingerprint density at radius 3 is 2.69 bits per heavy atom. The van der Waals surface area contributed by atoms with E-state index >= 15 is 0 Å². The van der Waals surface area contributed by atoms with E-state index in [1.807, 2.05) is 6.07 Å². The minimum Gasteiger partial charge on any atom is -0.379 e. The van der Waals surface area contributed by atoms with Gasteiger partial charge < -0.3 is 4.74 Å². The molecule has 0 N–H and O–H groups in total. The van der Waals surface area contributed by atoms with Crippen LogP contribution in [0.15, 0.2) is 36.4 Å². The first-order chi connectivity index (χ1) is 15.0. The lowest BCUT2D eigenvalue weighted by Gasteiger charge is -2.27. The van der Waals surface area contributed by atoms with Crippen molar-refractivity contribution >= 4 is 45.0 Å². The number of fused-ring (bicyclic) bond motifs is 1. The van der Waals surface area contributed by atoms with Gasteiger partial charge in [-0.15, -0.1) is 12.4 Å². The van der Waals surface area contributed by atoms with E-state index in [0.29, 0.717) is 18.1 Å². The van der Waals surface area contributed by atoms with Gasteiger partial charge in [0.2, 0.25) is 5.91 Å². The van der Waals surface area contributed by atoms with Crippen molar-refractivity contribution in [2.24, 2.45) is 0 Å². The molecular weight excluding hydrogens is 449 g/mol. The maximum absolute atomic E-state index is 13.7. The number of halogens is 2. The van der Waals surface area contributed by atoms with Crippen LogP contribution in [0.1, 0.15) is 23.1 Å². The summed E-state index contributed by atoms with van der Waals surface area (Å²) in [6.45, 7) is 9.01. The number of rotatable bonds is 7. The SMILES string of the molecule is Cc1ccc(CC(=O)N(CCCN2CCOCC2)c2nc3ccc(F)cc3s2)cc1C.Cl. The smallest absolute Gasteiger partial charge is 0.233 e. The molecule has 3 aromatic rings. The maximum atomic E-state index is 13.7. The molecule has 2 aromatic carbocycles. The molecule has 0 saturated carbocycles. The Hall–Kier alpha value is -2.06. The summed E-state index contributed by atoms with van der Waals surface area (Å²) >= 11 is 1.37. The lowest BCUT2D eigenvalue weighted by atomic mass is 10.0. The first kappa shape index (κ1) is 24.6. The van der Waals surface area contributed by atoms with Crippen LogP contribution in [0.3, 0.4) is 0 Å². The lowest BCUT2D eigenvalue weighted by Crippen LogP contribution is -2.39. The van der Waals surface area contributed by atoms with Crippen molar-refractivity contribution in [3.8, 4) is 0 Å². The van der Waals surface area contributed by atoms with Gasteiger partial charge in [-0.1, -0.05) is 29.5 Å². The summed E-state index contributed by atoms with van der Waals surface area (Å²) in [6, 6.07) is 10.7. The third-order valence-corrected chi connectivity index (χ3v) is 6.80. The summed E-state index contributed by atoms with van der Waals surface area (Å²) in [6.07, 6.45) is 1.17. The van der Waals surface area contributed by atoms with Crippen molar-refractivity contribution < 1.29 is 13.9 Å². The number of thiazole rings is 1. The first-order valence-corrected chi connectivity index (χ1v) is 11.5. The maximum Gasteiger partial charge on any atom is 0.233 e. The van der Waals surface area contributed by atoms with E-state index in [1.54, 1.807) is 11.0 Å². The quantitative estimate of drug-likeness (QED) is 0.491. The van der Waals surface area contributed by atoms with Gasteiger partial charge >= 0.3 is 0 Å². The first-order valence-electron chi connectivity index (χ1n) is 10.7. The molecule has 0 radical (unpaired) electrons. The van der Waals surface area contributed by atoms with Crippen molar-refractivity contribution in [3.05, 3.63) is 58.9 Å². The molecule has 5 nitrogen and oxygen atoms in total. The second kappa shape index (κ2) is 11.2. The number of hydrogen-bond acceptors (Lipinski definition) is 5. The van der Waals surface area contributed by atoms with Gasteiger partial charge in [-0.3, -0.25) is 14.6 Å². The summed E-state index contributed by atoms with van der Waals surface area (Å²) < 4.78 is 19.8. The number of benzene rings is 2. The van der Waals surface area contributed by atoms with Crippen LogP contribution in [-0.2, 0) is 16.0 Å². The molecule has 0 aliphatic carbocycles. The highest BCUT2D eigenvalue weighted by molar-refractivity contribution is 7.22. The molecule has 172 valence electrons. The largest absolute Gasteiger partial charge is 0.379 e. The highest BCUT2D eigenvalue weighted by Crippen LogP contribution is 2.30. The average Bonchev–Trinajstić information content (AvgIpc) is 3.17. The summed E-state index contributed by atoms with van der Waals surface area (Å²) in [4.78, 5) is 22.1. The number of aromatic nitrogens is 1. The summed E-state index contributed by atoms with van der Waals surface area (Å²) in [7, 11) is 0. The molecule has 1 aliphatic rings. The minimum atomic E-state index is -0.289. The predicted molar refractivity (Wildman–Crippen MR) is 131 cm³/mol. The zero-order valence-corrected chi connectivity index (χ0v) is 20.1. The van der Waals surface area contributed by atoms with Crippen LogP contribution in [0.25, 0.3) is 10.2 Å². The number of carbonyl (C=O) groups is 1. The molecule has 0 atom stereocenters. The molecule has 8 heteroatoms. The minimum absolute atomic E-state index is 0. The second-order valence-corrected chi connectivity index (χ2v) is 9.07. The van der Waals surface area contributed by atoms with Crippen molar-refractivity contribution in [3.63, 3.8) is 0 Å². The van der Waals surface area contributed by atoms with Crippen molar-refractivity contribution in [1.82, 2.24) is 9.88 Å². The number of carbonyl (C=O) groups excluding carboxylic acids is 1. The van der Waals surface area contributed by atoms with Gasteiger partial charge in [-0.2, -0.15) is 0 Å². The van der Waals surface area contributed by atoms with E-state index in [2.05, 4.69) is 35.9 Å². The molecule has 1 aromatic heterocycles. The molecule has 32 heavy (non-hydrogen) atoms. The average molecular weight is 478 g/mol. The zero-order valence-electron chi connectivity index (χ0n) is 18.5. The Kier molecular flexibility index (Phi) is 8.59. The Morgan fingerprint density at radius 1 is 1.16 bits per heavy atom. The van der Waals surface area contributed by atoms with Gasteiger partial charge in [-0.25, -0.2) is 9.37 Å². The molecule has 4 rings (SSSR count). The number of morpholine rings is 1. The monoisotopic (exact) mass is 477 g/mol. The van der Waals surface area contributed by atoms with Crippen molar-refractivity contribution in [2.45, 2.75) is 26.7 Å². The van der Waals surface area contributed by atoms with E-state index in [-0.39, 0.29) is 24.1 Å². The third kappa shape index (κ3) is 6.04. The Bertz CT molecular complexity index is 1070. The van der Waals surface area contributed by atoms with Gasteiger partial charge in [0.1, 0.15) is 5.82 Å². The van der Waals surface area contributed by atoms with E-state index in [4.69, 9.17) is 4.74 Å². The lowest BCUT2D eigenvalue weighted by molar-refractivity contribution is -0.118. The Balaban J connectivity index is 0.00000289. The molecule has 2 heterocycles. The van der Waals surface area contributed by atoms with Gasteiger partial charge in [0, 0.05) is 26.2 Å². The van der Waals surface area contributed by atoms with Crippen LogP contribution in [0.5, 0.6) is 0 Å². The molecular formula is C24H29ClFN3O2S. The van der Waals surface area contributed by atoms with Crippen LogP contribution in [0.2, 0.25) is 0 Å². The fraction of sp³-hybridized carbons (Fsp3) is 0.417. The van der Waals surface area contributed by atoms with Crippen molar-refractivity contribution in [2.75, 3.05) is 44.3 Å². The molecule has 0 unspecified atom stereocenters. The second-order valence-electron chi connectivity index (χ2n) is 8.06. The van der Waals surface area contributed by atoms with Gasteiger partial charge in [0.15, 0.2) is 5.13 Å². The molecule has 1 saturated heterocycles. The zero-order chi connectivity index (χ0) is 21.8. The van der Waals surface area contributed by atoms with E-state index in [9.17, 15) is 9.18 Å². The Labute approximate surface area is 198 Å². The van der Waals surface area contributed by atoms with Crippen LogP contribution in [-0.4, -0.2) is 55.2 Å². The number of anilines is 1. The molecule has 1 aliphatic heterocycles.